The Labute approximate surface area is 152 Å². The Balaban J connectivity index is 1.59. The normalized spacial score (nSPS) is 17.0. The van der Waals surface area contributed by atoms with Crippen molar-refractivity contribution in [3.63, 3.8) is 0 Å². The first-order valence-electron chi connectivity index (χ1n) is 8.45. The van der Waals surface area contributed by atoms with Crippen molar-refractivity contribution < 1.29 is 18.7 Å². The molecule has 0 saturated carbocycles. The number of amides is 1. The molecule has 1 aromatic heterocycles. The Kier molecular flexibility index (Phi) is 5.68. The van der Waals surface area contributed by atoms with Crippen molar-refractivity contribution in [3.8, 4) is 5.75 Å². The zero-order chi connectivity index (χ0) is 18.5. The second-order valence-electron chi connectivity index (χ2n) is 6.26. The van der Waals surface area contributed by atoms with Crippen LogP contribution in [0.1, 0.15) is 11.8 Å². The van der Waals surface area contributed by atoms with Crippen molar-refractivity contribution in [1.29, 1.82) is 0 Å². The standard InChI is InChI=1S/C19H22FN3O3/c1-22(2)18-5-3-4-16(21-18)17-12-23(10-11-25-17)19(24)13-26-15-8-6-14(20)7-9-15/h3-9,17H,10-13H2,1-2H3/t17-/m1/s1. The largest absolute Gasteiger partial charge is 0.484 e. The van der Waals surface area contributed by atoms with Crippen LogP contribution in [-0.4, -0.2) is 56.2 Å². The Hall–Kier alpha value is -2.67. The number of aromatic nitrogens is 1. The molecule has 2 heterocycles. The van der Waals surface area contributed by atoms with E-state index in [2.05, 4.69) is 4.98 Å². The number of anilines is 1. The highest BCUT2D eigenvalue weighted by Crippen LogP contribution is 2.22. The molecule has 1 fully saturated rings. The van der Waals surface area contributed by atoms with E-state index < -0.39 is 0 Å². The third-order valence-electron chi connectivity index (χ3n) is 4.14. The second-order valence-corrected chi connectivity index (χ2v) is 6.26. The molecule has 0 spiro atoms. The van der Waals surface area contributed by atoms with Gasteiger partial charge in [-0.1, -0.05) is 6.07 Å². The van der Waals surface area contributed by atoms with Gasteiger partial charge in [-0.15, -0.1) is 0 Å². The van der Waals surface area contributed by atoms with E-state index in [1.165, 1.54) is 24.3 Å². The van der Waals surface area contributed by atoms with Crippen molar-refractivity contribution in [2.75, 3.05) is 45.3 Å². The minimum atomic E-state index is -0.341. The molecule has 0 N–H and O–H groups in total. The van der Waals surface area contributed by atoms with Crippen LogP contribution in [-0.2, 0) is 9.53 Å². The third kappa shape index (κ3) is 4.49. The van der Waals surface area contributed by atoms with Crippen molar-refractivity contribution >= 4 is 11.7 Å². The van der Waals surface area contributed by atoms with Gasteiger partial charge >= 0.3 is 0 Å². The zero-order valence-corrected chi connectivity index (χ0v) is 14.9. The van der Waals surface area contributed by atoms with Crippen LogP contribution >= 0.6 is 0 Å². The van der Waals surface area contributed by atoms with E-state index >= 15 is 0 Å². The smallest absolute Gasteiger partial charge is 0.260 e. The molecule has 138 valence electrons. The lowest BCUT2D eigenvalue weighted by molar-refractivity contribution is -0.141. The average molecular weight is 359 g/mol. The van der Waals surface area contributed by atoms with E-state index in [1.807, 2.05) is 37.2 Å². The van der Waals surface area contributed by atoms with Crippen LogP contribution < -0.4 is 9.64 Å². The van der Waals surface area contributed by atoms with Crippen LogP contribution in [0.3, 0.4) is 0 Å². The van der Waals surface area contributed by atoms with Gasteiger partial charge in [-0.3, -0.25) is 4.79 Å². The molecule has 6 nitrogen and oxygen atoms in total. The zero-order valence-electron chi connectivity index (χ0n) is 14.9. The monoisotopic (exact) mass is 359 g/mol. The van der Waals surface area contributed by atoms with Crippen LogP contribution in [0.5, 0.6) is 5.75 Å². The summed E-state index contributed by atoms with van der Waals surface area (Å²) in [5.41, 5.74) is 0.799. The van der Waals surface area contributed by atoms with E-state index in [-0.39, 0.29) is 24.4 Å². The number of carbonyl (C=O) groups excluding carboxylic acids is 1. The highest BCUT2D eigenvalue weighted by molar-refractivity contribution is 5.78. The number of rotatable bonds is 5. The summed E-state index contributed by atoms with van der Waals surface area (Å²) in [6.07, 6.45) is -0.265. The molecule has 1 atom stereocenters. The molecule has 1 amide bonds. The van der Waals surface area contributed by atoms with Crippen LogP contribution in [0.15, 0.2) is 42.5 Å². The molecule has 3 rings (SSSR count). The number of carbonyl (C=O) groups is 1. The van der Waals surface area contributed by atoms with Crippen molar-refractivity contribution in [2.45, 2.75) is 6.10 Å². The fourth-order valence-corrected chi connectivity index (χ4v) is 2.69. The summed E-state index contributed by atoms with van der Waals surface area (Å²) in [5, 5.41) is 0. The first-order chi connectivity index (χ1) is 12.5. The Morgan fingerprint density at radius 3 is 2.81 bits per heavy atom. The number of hydrogen-bond acceptors (Lipinski definition) is 5. The van der Waals surface area contributed by atoms with Gasteiger partial charge in [0.25, 0.3) is 5.91 Å². The second kappa shape index (κ2) is 8.14. The fourth-order valence-electron chi connectivity index (χ4n) is 2.69. The fraction of sp³-hybridized carbons (Fsp3) is 0.368. The number of morpholine rings is 1. The van der Waals surface area contributed by atoms with Gasteiger partial charge in [0, 0.05) is 20.6 Å². The number of pyridine rings is 1. The molecule has 26 heavy (non-hydrogen) atoms. The summed E-state index contributed by atoms with van der Waals surface area (Å²) in [5.74, 6) is 0.831. The minimum Gasteiger partial charge on any atom is -0.484 e. The van der Waals surface area contributed by atoms with Crippen molar-refractivity contribution in [2.24, 2.45) is 0 Å². The summed E-state index contributed by atoms with van der Waals surface area (Å²) in [4.78, 5) is 20.7. The van der Waals surface area contributed by atoms with Crippen molar-refractivity contribution in [3.05, 3.63) is 54.0 Å². The first kappa shape index (κ1) is 18.1. The summed E-state index contributed by atoms with van der Waals surface area (Å²) in [6, 6.07) is 11.4. The molecule has 1 saturated heterocycles. The molecule has 0 bridgehead atoms. The van der Waals surface area contributed by atoms with Gasteiger partial charge in [0.1, 0.15) is 23.5 Å². The molecule has 2 aromatic rings. The lowest BCUT2D eigenvalue weighted by Gasteiger charge is -2.32. The molecular weight excluding hydrogens is 337 g/mol. The number of ether oxygens (including phenoxy) is 2. The topological polar surface area (TPSA) is 54.9 Å². The molecule has 0 unspecified atom stereocenters. The predicted octanol–water partition coefficient (Wildman–Crippen LogP) is 2.27. The molecule has 7 heteroatoms. The summed E-state index contributed by atoms with van der Waals surface area (Å²) < 4.78 is 24.1. The summed E-state index contributed by atoms with van der Waals surface area (Å²) in [7, 11) is 3.85. The number of nitrogens with zero attached hydrogens (tertiary/aromatic N) is 3. The van der Waals surface area contributed by atoms with Crippen LogP contribution in [0, 0.1) is 5.82 Å². The van der Waals surface area contributed by atoms with Gasteiger partial charge < -0.3 is 19.3 Å². The predicted molar refractivity (Wildman–Crippen MR) is 95.7 cm³/mol. The number of benzene rings is 1. The third-order valence-corrected chi connectivity index (χ3v) is 4.14. The van der Waals surface area contributed by atoms with Gasteiger partial charge in [-0.25, -0.2) is 9.37 Å². The maximum absolute atomic E-state index is 12.9. The highest BCUT2D eigenvalue weighted by atomic mass is 19.1. The lowest BCUT2D eigenvalue weighted by atomic mass is 10.2. The van der Waals surface area contributed by atoms with E-state index in [4.69, 9.17) is 9.47 Å². The first-order valence-corrected chi connectivity index (χ1v) is 8.45. The Morgan fingerprint density at radius 2 is 2.08 bits per heavy atom. The number of hydrogen-bond donors (Lipinski definition) is 0. The molecular formula is C19H22FN3O3. The quantitative estimate of drug-likeness (QED) is 0.820. The van der Waals surface area contributed by atoms with Gasteiger partial charge in [-0.2, -0.15) is 0 Å². The van der Waals surface area contributed by atoms with Crippen LogP contribution in [0.2, 0.25) is 0 Å². The van der Waals surface area contributed by atoms with Gasteiger partial charge in [-0.05, 0) is 36.4 Å². The average Bonchev–Trinajstić information content (AvgIpc) is 2.67. The van der Waals surface area contributed by atoms with E-state index in [9.17, 15) is 9.18 Å². The van der Waals surface area contributed by atoms with Crippen LogP contribution in [0.25, 0.3) is 0 Å². The van der Waals surface area contributed by atoms with Crippen molar-refractivity contribution in [1.82, 2.24) is 9.88 Å². The summed E-state index contributed by atoms with van der Waals surface area (Å²) in [6.45, 7) is 1.29. The molecule has 1 aromatic carbocycles. The van der Waals surface area contributed by atoms with Gasteiger partial charge in [0.15, 0.2) is 6.61 Å². The lowest BCUT2D eigenvalue weighted by Crippen LogP contribution is -2.44. The Morgan fingerprint density at radius 1 is 1.31 bits per heavy atom. The maximum atomic E-state index is 12.9. The van der Waals surface area contributed by atoms with Crippen LogP contribution in [0.4, 0.5) is 10.2 Å². The summed E-state index contributed by atoms with van der Waals surface area (Å²) >= 11 is 0. The molecule has 1 aliphatic heterocycles. The Bertz CT molecular complexity index is 752. The SMILES string of the molecule is CN(C)c1cccc([C@H]2CN(C(=O)COc3ccc(F)cc3)CCO2)n1. The maximum Gasteiger partial charge on any atom is 0.260 e. The van der Waals surface area contributed by atoms with Gasteiger partial charge in [0.2, 0.25) is 0 Å². The highest BCUT2D eigenvalue weighted by Gasteiger charge is 2.26. The van der Waals surface area contributed by atoms with E-state index in [0.717, 1.165) is 11.5 Å². The van der Waals surface area contributed by atoms with E-state index in [0.29, 0.717) is 25.4 Å². The molecule has 1 aliphatic rings. The van der Waals surface area contributed by atoms with E-state index in [1.54, 1.807) is 4.90 Å². The minimum absolute atomic E-state index is 0.0937. The number of halogens is 1. The molecule has 0 radical (unpaired) electrons. The van der Waals surface area contributed by atoms with Gasteiger partial charge in [0.05, 0.1) is 18.8 Å². The molecule has 0 aliphatic carbocycles.